The minimum absolute atomic E-state index is 0.0641. The van der Waals surface area contributed by atoms with Crippen LogP contribution in [0.25, 0.3) is 0 Å². The van der Waals surface area contributed by atoms with Crippen LogP contribution >= 0.6 is 27.5 Å². The SMILES string of the molecule is CCN1C(=O)C[N+](NC(=O)c2[nH]nc(NC(=O)c3ccccc3Cl)c2Br)=C(c2ccccc2)c2ccccc21. The standard InChI is InChI=1S/C28H22BrClN6O3/c1-2-35-21-15-9-7-13-19(21)25(17-10-4-3-5-11-17)36(16-22(35)37)34-28(39)24-23(29)26(33-32-24)31-27(38)18-12-6-8-14-20(18)30/h3-15H,2,16H2,1H3,(H2-,31,32,33,34,38,39)/p+1. The molecule has 3 aromatic carbocycles. The van der Waals surface area contributed by atoms with Crippen LogP contribution in [0.3, 0.4) is 0 Å². The first kappa shape index (κ1) is 26.3. The summed E-state index contributed by atoms with van der Waals surface area (Å²) < 4.78 is 1.79. The molecule has 39 heavy (non-hydrogen) atoms. The first-order chi connectivity index (χ1) is 18.9. The van der Waals surface area contributed by atoms with E-state index in [0.29, 0.717) is 12.3 Å². The van der Waals surface area contributed by atoms with Crippen LogP contribution in [-0.2, 0) is 4.79 Å². The monoisotopic (exact) mass is 605 g/mol. The number of likely N-dealkylation sites (N-methyl/N-ethyl adjacent to an activating group) is 1. The van der Waals surface area contributed by atoms with Gasteiger partial charge in [0, 0.05) is 12.1 Å². The van der Waals surface area contributed by atoms with Crippen LogP contribution in [0.4, 0.5) is 11.5 Å². The Balaban J connectivity index is 1.51. The number of aromatic amines is 1. The summed E-state index contributed by atoms with van der Waals surface area (Å²) in [6.45, 7) is 2.28. The molecule has 0 saturated carbocycles. The largest absolute Gasteiger partial charge is 0.324 e. The second-order valence-electron chi connectivity index (χ2n) is 8.59. The topological polar surface area (TPSA) is 110 Å². The van der Waals surface area contributed by atoms with Gasteiger partial charge in [-0.3, -0.25) is 19.5 Å². The highest BCUT2D eigenvalue weighted by molar-refractivity contribution is 9.10. The van der Waals surface area contributed by atoms with Crippen LogP contribution < -0.4 is 15.6 Å². The van der Waals surface area contributed by atoms with E-state index in [1.54, 1.807) is 33.8 Å². The summed E-state index contributed by atoms with van der Waals surface area (Å²) in [6, 6.07) is 23.7. The predicted molar refractivity (Wildman–Crippen MR) is 152 cm³/mol. The molecule has 2 heterocycles. The van der Waals surface area contributed by atoms with E-state index in [2.05, 4.69) is 36.9 Å². The first-order valence-corrected chi connectivity index (χ1v) is 13.3. The average Bonchev–Trinajstić information content (AvgIpc) is 3.24. The van der Waals surface area contributed by atoms with Crippen LogP contribution in [0.1, 0.15) is 38.9 Å². The minimum Gasteiger partial charge on any atom is -0.306 e. The van der Waals surface area contributed by atoms with E-state index in [9.17, 15) is 14.4 Å². The van der Waals surface area contributed by atoms with Gasteiger partial charge in [-0.05, 0) is 59.3 Å². The fourth-order valence-corrected chi connectivity index (χ4v) is 5.08. The number of para-hydroxylation sites is 1. The molecule has 1 aliphatic rings. The number of carbonyl (C=O) groups excluding carboxylic acids is 3. The molecule has 0 unspecified atom stereocenters. The quantitative estimate of drug-likeness (QED) is 0.278. The van der Waals surface area contributed by atoms with Crippen LogP contribution in [-0.4, -0.2) is 51.4 Å². The molecule has 0 radical (unpaired) electrons. The number of aromatic nitrogens is 2. The minimum atomic E-state index is -0.559. The van der Waals surface area contributed by atoms with Crippen molar-refractivity contribution in [1.29, 1.82) is 0 Å². The van der Waals surface area contributed by atoms with Gasteiger partial charge >= 0.3 is 5.91 Å². The summed E-state index contributed by atoms with van der Waals surface area (Å²) in [5.41, 5.74) is 6.25. The number of hydrazone groups is 1. The Hall–Kier alpha value is -4.28. The molecule has 0 bridgehead atoms. The van der Waals surface area contributed by atoms with E-state index < -0.39 is 11.8 Å². The van der Waals surface area contributed by atoms with Gasteiger partial charge in [-0.15, -0.1) is 5.43 Å². The molecule has 0 atom stereocenters. The average molecular weight is 607 g/mol. The Kier molecular flexibility index (Phi) is 7.58. The molecular weight excluding hydrogens is 584 g/mol. The van der Waals surface area contributed by atoms with Crippen molar-refractivity contribution in [3.63, 3.8) is 0 Å². The molecular formula is C28H23BrClN6O3+. The molecule has 196 valence electrons. The zero-order valence-corrected chi connectivity index (χ0v) is 23.1. The van der Waals surface area contributed by atoms with Crippen molar-refractivity contribution >= 4 is 62.5 Å². The Morgan fingerprint density at radius 1 is 1.03 bits per heavy atom. The number of rotatable bonds is 6. The number of halogens is 2. The molecule has 3 amide bonds. The van der Waals surface area contributed by atoms with E-state index in [-0.39, 0.29) is 39.0 Å². The summed E-state index contributed by atoms with van der Waals surface area (Å²) in [6.07, 6.45) is 0. The lowest BCUT2D eigenvalue weighted by Gasteiger charge is -2.19. The number of fused-ring (bicyclic) bond motifs is 1. The number of benzodiazepines with no additional fused rings is 1. The van der Waals surface area contributed by atoms with Gasteiger partial charge in [-0.1, -0.05) is 58.8 Å². The maximum absolute atomic E-state index is 13.5. The zero-order valence-electron chi connectivity index (χ0n) is 20.7. The number of anilines is 2. The summed E-state index contributed by atoms with van der Waals surface area (Å²) in [5, 5.41) is 9.70. The van der Waals surface area contributed by atoms with Crippen molar-refractivity contribution < 1.29 is 19.1 Å². The van der Waals surface area contributed by atoms with Crippen LogP contribution in [0, 0.1) is 0 Å². The molecule has 1 aromatic heterocycles. The van der Waals surface area contributed by atoms with Gasteiger partial charge in [0.05, 0.1) is 26.3 Å². The lowest BCUT2D eigenvalue weighted by molar-refractivity contribution is -0.560. The highest BCUT2D eigenvalue weighted by atomic mass is 79.9. The fourth-order valence-electron chi connectivity index (χ4n) is 4.40. The second-order valence-corrected chi connectivity index (χ2v) is 9.79. The van der Waals surface area contributed by atoms with Crippen LogP contribution in [0.15, 0.2) is 83.3 Å². The Labute approximate surface area is 237 Å². The van der Waals surface area contributed by atoms with Crippen molar-refractivity contribution in [1.82, 2.24) is 15.6 Å². The number of nitrogens with one attached hydrogen (secondary N) is 3. The molecule has 0 fully saturated rings. The number of hydrogen-bond donors (Lipinski definition) is 3. The van der Waals surface area contributed by atoms with Crippen molar-refractivity contribution in [3.05, 3.63) is 111 Å². The molecule has 4 aromatic rings. The summed E-state index contributed by atoms with van der Waals surface area (Å²) >= 11 is 9.50. The maximum atomic E-state index is 13.5. The van der Waals surface area contributed by atoms with Gasteiger partial charge in [0.1, 0.15) is 5.69 Å². The number of H-pyrrole nitrogens is 1. The molecule has 0 aliphatic carbocycles. The van der Waals surface area contributed by atoms with Gasteiger partial charge in [0.2, 0.25) is 5.71 Å². The lowest BCUT2D eigenvalue weighted by atomic mass is 10.00. The molecule has 0 spiro atoms. The van der Waals surface area contributed by atoms with Crippen LogP contribution in [0.2, 0.25) is 5.02 Å². The smallest absolute Gasteiger partial charge is 0.306 e. The summed E-state index contributed by atoms with van der Waals surface area (Å²) in [4.78, 5) is 41.2. The van der Waals surface area contributed by atoms with E-state index in [1.807, 2.05) is 61.5 Å². The van der Waals surface area contributed by atoms with Crippen molar-refractivity contribution in [2.45, 2.75) is 6.92 Å². The van der Waals surface area contributed by atoms with Crippen LogP contribution in [0.5, 0.6) is 0 Å². The van der Waals surface area contributed by atoms with Gasteiger partial charge in [0.15, 0.2) is 5.82 Å². The Morgan fingerprint density at radius 3 is 2.46 bits per heavy atom. The number of hydrazine groups is 1. The highest BCUT2D eigenvalue weighted by Crippen LogP contribution is 2.28. The van der Waals surface area contributed by atoms with E-state index in [4.69, 9.17) is 11.6 Å². The summed E-state index contributed by atoms with van der Waals surface area (Å²) in [5.74, 6) is -1.09. The Morgan fingerprint density at radius 2 is 1.72 bits per heavy atom. The van der Waals surface area contributed by atoms with Crippen molar-refractivity contribution in [2.24, 2.45) is 0 Å². The maximum Gasteiger partial charge on any atom is 0.324 e. The zero-order chi connectivity index (χ0) is 27.5. The lowest BCUT2D eigenvalue weighted by Crippen LogP contribution is -2.44. The van der Waals surface area contributed by atoms with Gasteiger partial charge in [0.25, 0.3) is 18.4 Å². The second kappa shape index (κ2) is 11.2. The number of nitrogens with zero attached hydrogens (tertiary/aromatic N) is 3. The van der Waals surface area contributed by atoms with E-state index in [0.717, 1.165) is 16.8 Å². The predicted octanol–water partition coefficient (Wildman–Crippen LogP) is 4.64. The van der Waals surface area contributed by atoms with E-state index in [1.165, 1.54) is 0 Å². The number of benzene rings is 3. The molecule has 5 rings (SSSR count). The normalized spacial score (nSPS) is 13.1. The number of hydrogen-bond acceptors (Lipinski definition) is 4. The van der Waals surface area contributed by atoms with E-state index >= 15 is 0 Å². The number of carbonyl (C=O) groups is 3. The van der Waals surface area contributed by atoms with Crippen molar-refractivity contribution in [3.8, 4) is 0 Å². The van der Waals surface area contributed by atoms with Gasteiger partial charge in [-0.2, -0.15) is 5.10 Å². The molecule has 11 heteroatoms. The number of amides is 3. The van der Waals surface area contributed by atoms with Crippen molar-refractivity contribution in [2.75, 3.05) is 23.3 Å². The third-order valence-electron chi connectivity index (χ3n) is 6.20. The summed E-state index contributed by atoms with van der Waals surface area (Å²) in [7, 11) is 0. The first-order valence-electron chi connectivity index (χ1n) is 12.1. The molecule has 1 aliphatic heterocycles. The molecule has 3 N–H and O–H groups in total. The highest BCUT2D eigenvalue weighted by Gasteiger charge is 2.35. The Bertz CT molecular complexity index is 1620. The van der Waals surface area contributed by atoms with Gasteiger partial charge in [-0.25, -0.2) is 0 Å². The third kappa shape index (κ3) is 5.21. The molecule has 0 saturated heterocycles. The van der Waals surface area contributed by atoms with Gasteiger partial charge < -0.3 is 10.2 Å². The molecule has 9 nitrogen and oxygen atoms in total. The third-order valence-corrected chi connectivity index (χ3v) is 7.30. The fraction of sp³-hybridized carbons (Fsp3) is 0.107.